The van der Waals surface area contributed by atoms with E-state index >= 15 is 0 Å². The van der Waals surface area contributed by atoms with Crippen molar-refractivity contribution in [2.75, 3.05) is 0 Å². The van der Waals surface area contributed by atoms with Crippen LogP contribution in [0.15, 0.2) is 104 Å². The molecule has 1 rings (SSSR count). The van der Waals surface area contributed by atoms with Gasteiger partial charge in [0.25, 0.3) is 0 Å². The maximum Gasteiger partial charge on any atom is -0.0398 e. The van der Waals surface area contributed by atoms with Crippen LogP contribution in [-0.4, -0.2) is 0 Å². The normalized spacial score (nSPS) is 11.7. The third-order valence-electron chi connectivity index (χ3n) is 2.16. The largest absolute Gasteiger partial charge is 0.0991 e. The first-order chi connectivity index (χ1) is 9.81. The van der Waals surface area contributed by atoms with Crippen LogP contribution in [0.2, 0.25) is 0 Å². The van der Waals surface area contributed by atoms with E-state index in [-0.39, 0.29) is 0 Å². The van der Waals surface area contributed by atoms with Crippen molar-refractivity contribution in [2.24, 2.45) is 0 Å². The predicted molar refractivity (Wildman–Crippen MR) is 92.8 cm³/mol. The molecule has 0 aliphatic rings. The monoisotopic (exact) mass is 264 g/mol. The number of hydrogen-bond donors (Lipinski definition) is 0. The SMILES string of the molecule is C=C/C=C/C=C/C=C/C=C/C=C/C.Cc1ccccc1. The van der Waals surface area contributed by atoms with E-state index in [2.05, 4.69) is 25.6 Å². The fourth-order valence-corrected chi connectivity index (χ4v) is 1.17. The second-order valence-electron chi connectivity index (χ2n) is 3.96. The van der Waals surface area contributed by atoms with Gasteiger partial charge in [0.15, 0.2) is 0 Å². The van der Waals surface area contributed by atoms with Crippen LogP contribution in [-0.2, 0) is 0 Å². The average molecular weight is 264 g/mol. The molecule has 0 spiro atoms. The van der Waals surface area contributed by atoms with Crippen molar-refractivity contribution in [1.82, 2.24) is 0 Å². The smallest absolute Gasteiger partial charge is 0.0398 e. The minimum atomic E-state index is 1.32. The van der Waals surface area contributed by atoms with Gasteiger partial charge in [-0.05, 0) is 13.8 Å². The quantitative estimate of drug-likeness (QED) is 0.575. The molecule has 0 aromatic heterocycles. The zero-order valence-electron chi connectivity index (χ0n) is 12.4. The summed E-state index contributed by atoms with van der Waals surface area (Å²) in [5, 5.41) is 0. The molecule has 0 saturated heterocycles. The Morgan fingerprint density at radius 3 is 1.50 bits per heavy atom. The van der Waals surface area contributed by atoms with Crippen molar-refractivity contribution in [3.63, 3.8) is 0 Å². The molecule has 0 atom stereocenters. The molecule has 0 nitrogen and oxygen atoms in total. The number of benzene rings is 1. The predicted octanol–water partition coefficient (Wildman–Crippen LogP) is 5.97. The number of rotatable bonds is 5. The van der Waals surface area contributed by atoms with Gasteiger partial charge < -0.3 is 0 Å². The third-order valence-corrected chi connectivity index (χ3v) is 2.16. The van der Waals surface area contributed by atoms with E-state index in [1.54, 1.807) is 6.08 Å². The standard InChI is InChI=1S/C13H16.C7H8/c1-3-5-7-9-11-13-12-10-8-6-4-2;1-7-5-3-2-4-6-7/h3-13H,1H2,2H3;2-6H,1H3/b6-4+,7-5+,10-8+,11-9+,13-12+;. The van der Waals surface area contributed by atoms with Gasteiger partial charge in [0, 0.05) is 0 Å². The molecule has 0 fully saturated rings. The summed E-state index contributed by atoms with van der Waals surface area (Å²) >= 11 is 0. The molecular formula is C20H24. The highest BCUT2D eigenvalue weighted by molar-refractivity contribution is 5.18. The lowest BCUT2D eigenvalue weighted by Gasteiger charge is -1.82. The van der Waals surface area contributed by atoms with Crippen LogP contribution in [0.5, 0.6) is 0 Å². The molecule has 104 valence electrons. The van der Waals surface area contributed by atoms with Gasteiger partial charge in [-0.25, -0.2) is 0 Å². The molecule has 0 bridgehead atoms. The lowest BCUT2D eigenvalue weighted by atomic mass is 10.2. The Balaban J connectivity index is 0.000000428. The molecule has 0 unspecified atom stereocenters. The van der Waals surface area contributed by atoms with Crippen molar-refractivity contribution >= 4 is 0 Å². The summed E-state index contributed by atoms with van der Waals surface area (Å²) in [6.45, 7) is 7.65. The van der Waals surface area contributed by atoms with Gasteiger partial charge in [0.2, 0.25) is 0 Å². The maximum atomic E-state index is 3.57. The van der Waals surface area contributed by atoms with Crippen LogP contribution >= 0.6 is 0 Å². The lowest BCUT2D eigenvalue weighted by Crippen LogP contribution is -1.62. The second-order valence-corrected chi connectivity index (χ2v) is 3.96. The van der Waals surface area contributed by atoms with Crippen molar-refractivity contribution in [3.05, 3.63) is 109 Å². The zero-order chi connectivity index (χ0) is 14.9. The van der Waals surface area contributed by atoms with E-state index in [0.717, 1.165) is 0 Å². The minimum Gasteiger partial charge on any atom is -0.0991 e. The molecule has 0 heteroatoms. The van der Waals surface area contributed by atoms with E-state index in [1.165, 1.54) is 5.56 Å². The van der Waals surface area contributed by atoms with E-state index in [1.807, 2.05) is 85.9 Å². The fraction of sp³-hybridized carbons (Fsp3) is 0.100. The topological polar surface area (TPSA) is 0 Å². The molecule has 0 heterocycles. The summed E-state index contributed by atoms with van der Waals surface area (Å²) in [5.74, 6) is 0. The van der Waals surface area contributed by atoms with Crippen LogP contribution in [0.1, 0.15) is 12.5 Å². The number of hydrogen-bond acceptors (Lipinski definition) is 0. The lowest BCUT2D eigenvalue weighted by molar-refractivity contribution is 1.48. The molecule has 0 amide bonds. The number of aryl methyl sites for hydroxylation is 1. The molecule has 0 radical (unpaired) electrons. The van der Waals surface area contributed by atoms with Gasteiger partial charge in [-0.15, -0.1) is 0 Å². The van der Waals surface area contributed by atoms with Crippen molar-refractivity contribution in [3.8, 4) is 0 Å². The van der Waals surface area contributed by atoms with Crippen molar-refractivity contribution in [2.45, 2.75) is 13.8 Å². The maximum absolute atomic E-state index is 3.57. The van der Waals surface area contributed by atoms with E-state index < -0.39 is 0 Å². The summed E-state index contributed by atoms with van der Waals surface area (Å²) in [4.78, 5) is 0. The van der Waals surface area contributed by atoms with Crippen molar-refractivity contribution < 1.29 is 0 Å². The van der Waals surface area contributed by atoms with Gasteiger partial charge in [-0.2, -0.15) is 0 Å². The van der Waals surface area contributed by atoms with Crippen LogP contribution in [0.25, 0.3) is 0 Å². The highest BCUT2D eigenvalue weighted by atomic mass is 13.8. The van der Waals surface area contributed by atoms with Crippen LogP contribution in [0.4, 0.5) is 0 Å². The third kappa shape index (κ3) is 13.7. The molecule has 20 heavy (non-hydrogen) atoms. The van der Waals surface area contributed by atoms with E-state index in [4.69, 9.17) is 0 Å². The Bertz CT molecular complexity index is 468. The first-order valence-corrected chi connectivity index (χ1v) is 6.73. The van der Waals surface area contributed by atoms with Gasteiger partial charge in [-0.1, -0.05) is 109 Å². The Hall–Kier alpha value is -2.34. The summed E-state index contributed by atoms with van der Waals surface area (Å²) < 4.78 is 0. The Morgan fingerprint density at radius 1 is 0.700 bits per heavy atom. The molecule has 0 N–H and O–H groups in total. The van der Waals surface area contributed by atoms with Crippen LogP contribution in [0.3, 0.4) is 0 Å². The van der Waals surface area contributed by atoms with E-state index in [0.29, 0.717) is 0 Å². The Labute approximate surface area is 123 Å². The molecular weight excluding hydrogens is 240 g/mol. The molecule has 0 aliphatic carbocycles. The highest BCUT2D eigenvalue weighted by Crippen LogP contribution is 1.92. The van der Waals surface area contributed by atoms with Gasteiger partial charge >= 0.3 is 0 Å². The van der Waals surface area contributed by atoms with Crippen molar-refractivity contribution in [1.29, 1.82) is 0 Å². The fourth-order valence-electron chi connectivity index (χ4n) is 1.17. The average Bonchev–Trinajstić information content (AvgIpc) is 2.47. The first-order valence-electron chi connectivity index (χ1n) is 6.73. The minimum absolute atomic E-state index is 1.32. The summed E-state index contributed by atoms with van der Waals surface area (Å²) in [5.41, 5.74) is 1.32. The van der Waals surface area contributed by atoms with Gasteiger partial charge in [0.1, 0.15) is 0 Å². The van der Waals surface area contributed by atoms with Gasteiger partial charge in [-0.3, -0.25) is 0 Å². The summed E-state index contributed by atoms with van der Waals surface area (Å²) in [6.07, 6.45) is 21.4. The van der Waals surface area contributed by atoms with Crippen LogP contribution in [0, 0.1) is 6.92 Å². The van der Waals surface area contributed by atoms with Gasteiger partial charge in [0.05, 0.1) is 0 Å². The Kier molecular flexibility index (Phi) is 13.0. The molecule has 0 aliphatic heterocycles. The summed E-state index contributed by atoms with van der Waals surface area (Å²) in [7, 11) is 0. The van der Waals surface area contributed by atoms with Crippen LogP contribution < -0.4 is 0 Å². The highest BCUT2D eigenvalue weighted by Gasteiger charge is 1.72. The second kappa shape index (κ2) is 14.7. The number of allylic oxidation sites excluding steroid dienone is 11. The zero-order valence-corrected chi connectivity index (χ0v) is 12.4. The molecule has 1 aromatic rings. The Morgan fingerprint density at radius 2 is 1.15 bits per heavy atom. The first kappa shape index (κ1) is 17.7. The summed E-state index contributed by atoms with van der Waals surface area (Å²) in [6, 6.07) is 10.3. The molecule has 1 aromatic carbocycles. The van der Waals surface area contributed by atoms with E-state index in [9.17, 15) is 0 Å². The molecule has 0 saturated carbocycles.